The molecule has 2 rings (SSSR count). The van der Waals surface area contributed by atoms with E-state index in [1.165, 1.54) is 0 Å². The third-order valence-electron chi connectivity index (χ3n) is 3.22. The van der Waals surface area contributed by atoms with Gasteiger partial charge in [0.25, 0.3) is 0 Å². The molecule has 0 saturated carbocycles. The van der Waals surface area contributed by atoms with Crippen molar-refractivity contribution in [3.63, 3.8) is 0 Å². The lowest BCUT2D eigenvalue weighted by Crippen LogP contribution is -1.98. The SMILES string of the molecule is COc1ccc(-c2ccc(C)nc2C)c(OC)c1OC. The van der Waals surface area contributed by atoms with Gasteiger partial charge < -0.3 is 14.2 Å². The number of nitrogens with zero attached hydrogens (tertiary/aromatic N) is 1. The minimum absolute atomic E-state index is 0.590. The third kappa shape index (κ3) is 2.41. The van der Waals surface area contributed by atoms with E-state index in [1.807, 2.05) is 38.1 Å². The number of rotatable bonds is 4. The van der Waals surface area contributed by atoms with Gasteiger partial charge in [-0.15, -0.1) is 0 Å². The molecular weight excluding hydrogens is 254 g/mol. The predicted molar refractivity (Wildman–Crippen MR) is 78.8 cm³/mol. The second kappa shape index (κ2) is 5.82. The van der Waals surface area contributed by atoms with Gasteiger partial charge in [-0.1, -0.05) is 6.07 Å². The van der Waals surface area contributed by atoms with Gasteiger partial charge in [-0.2, -0.15) is 0 Å². The Kier molecular flexibility index (Phi) is 4.13. The van der Waals surface area contributed by atoms with Gasteiger partial charge in [0.2, 0.25) is 5.75 Å². The van der Waals surface area contributed by atoms with Gasteiger partial charge >= 0.3 is 0 Å². The van der Waals surface area contributed by atoms with Gasteiger partial charge in [-0.05, 0) is 32.0 Å². The van der Waals surface area contributed by atoms with Crippen LogP contribution in [0.25, 0.3) is 11.1 Å². The van der Waals surface area contributed by atoms with Crippen molar-refractivity contribution in [1.29, 1.82) is 0 Å². The monoisotopic (exact) mass is 273 g/mol. The van der Waals surface area contributed by atoms with E-state index < -0.39 is 0 Å². The maximum atomic E-state index is 5.52. The van der Waals surface area contributed by atoms with E-state index in [-0.39, 0.29) is 0 Å². The van der Waals surface area contributed by atoms with E-state index in [9.17, 15) is 0 Å². The van der Waals surface area contributed by atoms with Crippen LogP contribution in [0.4, 0.5) is 0 Å². The van der Waals surface area contributed by atoms with Crippen molar-refractivity contribution < 1.29 is 14.2 Å². The highest BCUT2D eigenvalue weighted by atomic mass is 16.5. The van der Waals surface area contributed by atoms with Crippen LogP contribution in [0.5, 0.6) is 17.2 Å². The Balaban J connectivity index is 2.68. The molecule has 1 aromatic heterocycles. The zero-order valence-corrected chi connectivity index (χ0v) is 12.5. The van der Waals surface area contributed by atoms with Gasteiger partial charge in [0.1, 0.15) is 0 Å². The minimum Gasteiger partial charge on any atom is -0.493 e. The molecule has 0 fully saturated rings. The molecule has 0 aliphatic rings. The zero-order chi connectivity index (χ0) is 14.7. The summed E-state index contributed by atoms with van der Waals surface area (Å²) in [6.07, 6.45) is 0. The van der Waals surface area contributed by atoms with Gasteiger partial charge in [-0.3, -0.25) is 4.98 Å². The van der Waals surface area contributed by atoms with Crippen LogP contribution < -0.4 is 14.2 Å². The highest BCUT2D eigenvalue weighted by molar-refractivity contribution is 5.77. The summed E-state index contributed by atoms with van der Waals surface area (Å²) in [6.45, 7) is 3.96. The average Bonchev–Trinajstić information content (AvgIpc) is 2.45. The van der Waals surface area contributed by atoms with Gasteiger partial charge in [0.15, 0.2) is 11.5 Å². The van der Waals surface area contributed by atoms with Crippen LogP contribution in [0.15, 0.2) is 24.3 Å². The van der Waals surface area contributed by atoms with Gasteiger partial charge in [-0.25, -0.2) is 0 Å². The van der Waals surface area contributed by atoms with Crippen molar-refractivity contribution in [2.45, 2.75) is 13.8 Å². The van der Waals surface area contributed by atoms with Crippen LogP contribution in [0.1, 0.15) is 11.4 Å². The average molecular weight is 273 g/mol. The van der Waals surface area contributed by atoms with Gasteiger partial charge in [0.05, 0.1) is 21.3 Å². The van der Waals surface area contributed by atoms with E-state index in [0.29, 0.717) is 17.2 Å². The Labute approximate surface area is 119 Å². The molecule has 0 radical (unpaired) electrons. The molecule has 0 spiro atoms. The summed E-state index contributed by atoms with van der Waals surface area (Å²) in [4.78, 5) is 4.50. The Hall–Kier alpha value is -2.23. The lowest BCUT2D eigenvalue weighted by molar-refractivity contribution is 0.325. The fourth-order valence-electron chi connectivity index (χ4n) is 2.28. The molecule has 0 aliphatic carbocycles. The Morgan fingerprint density at radius 2 is 1.40 bits per heavy atom. The van der Waals surface area contributed by atoms with E-state index in [2.05, 4.69) is 4.98 Å². The molecule has 4 heteroatoms. The normalized spacial score (nSPS) is 10.2. The van der Waals surface area contributed by atoms with Crippen LogP contribution in [-0.4, -0.2) is 26.3 Å². The summed E-state index contributed by atoms with van der Waals surface area (Å²) in [7, 11) is 4.83. The number of benzene rings is 1. The molecule has 2 aromatic rings. The van der Waals surface area contributed by atoms with E-state index in [0.717, 1.165) is 22.5 Å². The third-order valence-corrected chi connectivity index (χ3v) is 3.22. The van der Waals surface area contributed by atoms with Crippen LogP contribution in [-0.2, 0) is 0 Å². The number of pyridine rings is 1. The first-order chi connectivity index (χ1) is 9.62. The van der Waals surface area contributed by atoms with Crippen molar-refractivity contribution >= 4 is 0 Å². The quantitative estimate of drug-likeness (QED) is 0.856. The number of hydrogen-bond acceptors (Lipinski definition) is 4. The Morgan fingerprint density at radius 1 is 0.750 bits per heavy atom. The van der Waals surface area contributed by atoms with Crippen molar-refractivity contribution in [2.75, 3.05) is 21.3 Å². The molecule has 0 bridgehead atoms. The minimum atomic E-state index is 0.590. The number of aryl methyl sites for hydroxylation is 2. The summed E-state index contributed by atoms with van der Waals surface area (Å²) in [5.74, 6) is 1.89. The largest absolute Gasteiger partial charge is 0.493 e. The van der Waals surface area contributed by atoms with Gasteiger partial charge in [0, 0.05) is 22.5 Å². The van der Waals surface area contributed by atoms with E-state index in [1.54, 1.807) is 21.3 Å². The molecule has 0 saturated heterocycles. The highest BCUT2D eigenvalue weighted by Gasteiger charge is 2.18. The molecule has 106 valence electrons. The van der Waals surface area contributed by atoms with Crippen molar-refractivity contribution in [3.8, 4) is 28.4 Å². The molecule has 4 nitrogen and oxygen atoms in total. The molecule has 0 aliphatic heterocycles. The molecule has 20 heavy (non-hydrogen) atoms. The molecule has 0 N–H and O–H groups in total. The Morgan fingerprint density at radius 3 is 1.95 bits per heavy atom. The first kappa shape index (κ1) is 14.2. The van der Waals surface area contributed by atoms with Crippen molar-refractivity contribution in [3.05, 3.63) is 35.7 Å². The summed E-state index contributed by atoms with van der Waals surface area (Å²) >= 11 is 0. The molecule has 0 amide bonds. The second-order valence-corrected chi connectivity index (χ2v) is 4.47. The maximum absolute atomic E-state index is 5.52. The molecule has 0 unspecified atom stereocenters. The number of ether oxygens (including phenoxy) is 3. The highest BCUT2D eigenvalue weighted by Crippen LogP contribution is 2.44. The number of aromatic nitrogens is 1. The fraction of sp³-hybridized carbons (Fsp3) is 0.312. The lowest BCUT2D eigenvalue weighted by Gasteiger charge is -2.16. The van der Waals surface area contributed by atoms with Crippen LogP contribution >= 0.6 is 0 Å². The lowest BCUT2D eigenvalue weighted by atomic mass is 10.0. The topological polar surface area (TPSA) is 40.6 Å². The first-order valence-electron chi connectivity index (χ1n) is 6.36. The summed E-state index contributed by atoms with van der Waals surface area (Å²) in [5, 5.41) is 0. The zero-order valence-electron chi connectivity index (χ0n) is 12.5. The number of methoxy groups -OCH3 is 3. The van der Waals surface area contributed by atoms with Crippen molar-refractivity contribution in [2.24, 2.45) is 0 Å². The summed E-state index contributed by atoms with van der Waals surface area (Å²) in [6, 6.07) is 7.86. The molecule has 1 aromatic carbocycles. The van der Waals surface area contributed by atoms with Crippen molar-refractivity contribution in [1.82, 2.24) is 4.98 Å². The summed E-state index contributed by atoms with van der Waals surface area (Å²) in [5.41, 5.74) is 3.91. The molecule has 0 atom stereocenters. The Bertz CT molecular complexity index is 623. The number of hydrogen-bond donors (Lipinski definition) is 0. The maximum Gasteiger partial charge on any atom is 0.203 e. The molecule has 1 heterocycles. The van der Waals surface area contributed by atoms with E-state index in [4.69, 9.17) is 14.2 Å². The summed E-state index contributed by atoms with van der Waals surface area (Å²) < 4.78 is 16.2. The smallest absolute Gasteiger partial charge is 0.203 e. The van der Waals surface area contributed by atoms with Crippen LogP contribution in [0.3, 0.4) is 0 Å². The van der Waals surface area contributed by atoms with E-state index >= 15 is 0 Å². The first-order valence-corrected chi connectivity index (χ1v) is 6.36. The van der Waals surface area contributed by atoms with Crippen LogP contribution in [0, 0.1) is 13.8 Å². The second-order valence-electron chi connectivity index (χ2n) is 4.47. The fourth-order valence-corrected chi connectivity index (χ4v) is 2.28. The van der Waals surface area contributed by atoms with Crippen LogP contribution in [0.2, 0.25) is 0 Å². The predicted octanol–water partition coefficient (Wildman–Crippen LogP) is 3.39. The molecular formula is C16H19NO3. The standard InChI is InChI=1S/C16H19NO3/c1-10-6-7-12(11(2)17-10)13-8-9-14(18-3)16(20-5)15(13)19-4/h6-9H,1-5H3.